The van der Waals surface area contributed by atoms with Gasteiger partial charge < -0.3 is 30.2 Å². The molecule has 1 aromatic rings. The number of carbonyl (C=O) groups is 1. The predicted molar refractivity (Wildman–Crippen MR) is 127 cm³/mol. The number of methoxy groups -OCH3 is 2. The van der Waals surface area contributed by atoms with Crippen LogP contribution in [0.4, 0.5) is 4.79 Å². The van der Waals surface area contributed by atoms with Gasteiger partial charge in [-0.15, -0.1) is 0 Å². The van der Waals surface area contributed by atoms with E-state index >= 15 is 0 Å². The SMILES string of the molecule is CCNC(=NCCNC(=O)OC(C)(C)C)NC1CCN(Cc2cc(OC)cc(OC)c2)C1. The minimum Gasteiger partial charge on any atom is -0.497 e. The summed E-state index contributed by atoms with van der Waals surface area (Å²) in [4.78, 5) is 18.7. The Morgan fingerprint density at radius 3 is 2.44 bits per heavy atom. The zero-order chi connectivity index (χ0) is 23.6. The largest absolute Gasteiger partial charge is 0.497 e. The Balaban J connectivity index is 1.83. The van der Waals surface area contributed by atoms with Gasteiger partial charge in [-0.2, -0.15) is 0 Å². The van der Waals surface area contributed by atoms with Crippen LogP contribution in [0.25, 0.3) is 0 Å². The molecule has 0 saturated carbocycles. The number of benzene rings is 1. The summed E-state index contributed by atoms with van der Waals surface area (Å²) in [5.41, 5.74) is 0.657. The number of amides is 1. The number of hydrogen-bond acceptors (Lipinski definition) is 6. The van der Waals surface area contributed by atoms with E-state index in [2.05, 4.69) is 25.8 Å². The number of hydrogen-bond donors (Lipinski definition) is 3. The number of nitrogens with one attached hydrogen (secondary N) is 3. The van der Waals surface area contributed by atoms with Crippen LogP contribution in [-0.4, -0.2) is 75.5 Å². The molecule has 180 valence electrons. The van der Waals surface area contributed by atoms with E-state index in [9.17, 15) is 4.79 Å². The van der Waals surface area contributed by atoms with Gasteiger partial charge in [0.15, 0.2) is 5.96 Å². The average molecular weight is 450 g/mol. The van der Waals surface area contributed by atoms with Crippen LogP contribution in [0.15, 0.2) is 23.2 Å². The van der Waals surface area contributed by atoms with Crippen LogP contribution in [-0.2, 0) is 11.3 Å². The number of carbonyl (C=O) groups excluding carboxylic acids is 1. The third-order valence-corrected chi connectivity index (χ3v) is 4.82. The minimum absolute atomic E-state index is 0.305. The first-order valence-corrected chi connectivity index (χ1v) is 11.2. The third kappa shape index (κ3) is 9.21. The fraction of sp³-hybridized carbons (Fsp3) is 0.652. The summed E-state index contributed by atoms with van der Waals surface area (Å²) in [5.74, 6) is 2.36. The lowest BCUT2D eigenvalue weighted by atomic mass is 10.2. The monoisotopic (exact) mass is 449 g/mol. The van der Waals surface area contributed by atoms with Gasteiger partial charge >= 0.3 is 6.09 Å². The van der Waals surface area contributed by atoms with Crippen LogP contribution in [0.2, 0.25) is 0 Å². The molecule has 1 atom stereocenters. The third-order valence-electron chi connectivity index (χ3n) is 4.82. The molecule has 32 heavy (non-hydrogen) atoms. The van der Waals surface area contributed by atoms with Gasteiger partial charge in [-0.1, -0.05) is 0 Å². The van der Waals surface area contributed by atoms with Crippen molar-refractivity contribution in [2.45, 2.75) is 52.3 Å². The highest BCUT2D eigenvalue weighted by Gasteiger charge is 2.23. The van der Waals surface area contributed by atoms with Crippen molar-refractivity contribution in [2.75, 3.05) is 46.9 Å². The molecular formula is C23H39N5O4. The molecule has 3 N–H and O–H groups in total. The van der Waals surface area contributed by atoms with E-state index in [0.29, 0.717) is 19.1 Å². The molecule has 1 unspecified atom stereocenters. The molecule has 2 rings (SSSR count). The van der Waals surface area contributed by atoms with E-state index < -0.39 is 11.7 Å². The summed E-state index contributed by atoms with van der Waals surface area (Å²) in [7, 11) is 3.33. The second kappa shape index (κ2) is 12.4. The first-order valence-electron chi connectivity index (χ1n) is 11.2. The molecule has 1 aliphatic heterocycles. The molecule has 1 heterocycles. The quantitative estimate of drug-likeness (QED) is 0.303. The van der Waals surface area contributed by atoms with Crippen LogP contribution >= 0.6 is 0 Å². The van der Waals surface area contributed by atoms with Crippen molar-refractivity contribution in [3.63, 3.8) is 0 Å². The van der Waals surface area contributed by atoms with E-state index in [4.69, 9.17) is 14.2 Å². The Bertz CT molecular complexity index is 741. The van der Waals surface area contributed by atoms with Gasteiger partial charge in [0, 0.05) is 44.8 Å². The van der Waals surface area contributed by atoms with Crippen molar-refractivity contribution in [1.29, 1.82) is 0 Å². The van der Waals surface area contributed by atoms with E-state index in [1.807, 2.05) is 45.9 Å². The van der Waals surface area contributed by atoms with Crippen LogP contribution in [0.5, 0.6) is 11.5 Å². The zero-order valence-electron chi connectivity index (χ0n) is 20.3. The van der Waals surface area contributed by atoms with E-state index in [-0.39, 0.29) is 0 Å². The molecule has 0 aliphatic carbocycles. The average Bonchev–Trinajstić information content (AvgIpc) is 3.16. The molecule has 1 aliphatic rings. The van der Waals surface area contributed by atoms with Crippen molar-refractivity contribution in [1.82, 2.24) is 20.9 Å². The Morgan fingerprint density at radius 2 is 1.84 bits per heavy atom. The molecule has 0 spiro atoms. The van der Waals surface area contributed by atoms with E-state index in [1.54, 1.807) is 14.2 Å². The fourth-order valence-electron chi connectivity index (χ4n) is 3.46. The van der Waals surface area contributed by atoms with Gasteiger partial charge in [0.05, 0.1) is 20.8 Å². The Labute approximate surface area is 191 Å². The first kappa shape index (κ1) is 25.6. The van der Waals surface area contributed by atoms with Crippen LogP contribution in [0.1, 0.15) is 39.7 Å². The second-order valence-corrected chi connectivity index (χ2v) is 8.78. The number of likely N-dealkylation sites (tertiary alicyclic amines) is 1. The first-order chi connectivity index (χ1) is 15.2. The summed E-state index contributed by atoms with van der Waals surface area (Å²) in [6.45, 7) is 12.0. The van der Waals surface area contributed by atoms with Crippen molar-refractivity contribution in [2.24, 2.45) is 4.99 Å². The van der Waals surface area contributed by atoms with Gasteiger partial charge in [-0.05, 0) is 51.8 Å². The highest BCUT2D eigenvalue weighted by atomic mass is 16.6. The van der Waals surface area contributed by atoms with E-state index in [0.717, 1.165) is 55.6 Å². The highest BCUT2D eigenvalue weighted by Crippen LogP contribution is 2.24. The lowest BCUT2D eigenvalue weighted by Crippen LogP contribution is -2.45. The molecular weight excluding hydrogens is 410 g/mol. The smallest absolute Gasteiger partial charge is 0.407 e. The Kier molecular flexibility index (Phi) is 9.90. The predicted octanol–water partition coefficient (Wildman–Crippen LogP) is 2.36. The minimum atomic E-state index is -0.506. The lowest BCUT2D eigenvalue weighted by Gasteiger charge is -2.20. The summed E-state index contributed by atoms with van der Waals surface area (Å²) >= 11 is 0. The van der Waals surface area contributed by atoms with Crippen molar-refractivity contribution in [3.05, 3.63) is 23.8 Å². The number of aliphatic imine (C=N–C) groups is 1. The van der Waals surface area contributed by atoms with Gasteiger partial charge in [-0.3, -0.25) is 9.89 Å². The number of guanidine groups is 1. The molecule has 1 aromatic carbocycles. The summed E-state index contributed by atoms with van der Waals surface area (Å²) in [6, 6.07) is 6.28. The molecule has 1 fully saturated rings. The lowest BCUT2D eigenvalue weighted by molar-refractivity contribution is 0.0529. The van der Waals surface area contributed by atoms with Crippen LogP contribution in [0, 0.1) is 0 Å². The van der Waals surface area contributed by atoms with E-state index in [1.165, 1.54) is 0 Å². The van der Waals surface area contributed by atoms with Crippen molar-refractivity contribution >= 4 is 12.1 Å². The molecule has 0 radical (unpaired) electrons. The number of rotatable bonds is 9. The molecule has 9 nitrogen and oxygen atoms in total. The molecule has 1 saturated heterocycles. The highest BCUT2D eigenvalue weighted by molar-refractivity contribution is 5.80. The molecule has 0 aromatic heterocycles. The maximum absolute atomic E-state index is 11.7. The van der Waals surface area contributed by atoms with Gasteiger partial charge in [0.1, 0.15) is 17.1 Å². The normalized spacial score (nSPS) is 17.1. The number of nitrogens with zero attached hydrogens (tertiary/aromatic N) is 2. The van der Waals surface area contributed by atoms with Crippen molar-refractivity contribution < 1.29 is 19.0 Å². The van der Waals surface area contributed by atoms with Crippen LogP contribution < -0.4 is 25.4 Å². The fourth-order valence-corrected chi connectivity index (χ4v) is 3.46. The van der Waals surface area contributed by atoms with Crippen molar-refractivity contribution in [3.8, 4) is 11.5 Å². The Hall–Kier alpha value is -2.68. The molecule has 9 heteroatoms. The standard InChI is InChI=1S/C23H39N5O4/c1-7-24-21(25-9-10-26-22(29)32-23(2,3)4)27-18-8-11-28(16-18)15-17-12-19(30-5)14-20(13-17)31-6/h12-14,18H,7-11,15-16H2,1-6H3,(H,26,29)(H2,24,25,27). The molecule has 0 bridgehead atoms. The maximum Gasteiger partial charge on any atom is 0.407 e. The summed E-state index contributed by atoms with van der Waals surface area (Å²) in [6.07, 6.45) is 0.605. The Morgan fingerprint density at radius 1 is 1.16 bits per heavy atom. The second-order valence-electron chi connectivity index (χ2n) is 8.78. The number of ether oxygens (including phenoxy) is 3. The van der Waals surface area contributed by atoms with Gasteiger partial charge in [-0.25, -0.2) is 4.79 Å². The summed E-state index contributed by atoms with van der Waals surface area (Å²) < 4.78 is 16.0. The van der Waals surface area contributed by atoms with Crippen LogP contribution in [0.3, 0.4) is 0 Å². The summed E-state index contributed by atoms with van der Waals surface area (Å²) in [5, 5.41) is 9.51. The topological polar surface area (TPSA) is 96.5 Å². The molecule has 1 amide bonds. The number of alkyl carbamates (subject to hydrolysis) is 1. The maximum atomic E-state index is 11.7. The zero-order valence-corrected chi connectivity index (χ0v) is 20.3. The van der Waals surface area contributed by atoms with Gasteiger partial charge in [0.2, 0.25) is 0 Å². The van der Waals surface area contributed by atoms with Gasteiger partial charge in [0.25, 0.3) is 0 Å².